The topological polar surface area (TPSA) is 47.7 Å². The number of benzene rings is 1. The van der Waals surface area contributed by atoms with Crippen molar-refractivity contribution in [1.29, 1.82) is 0 Å². The Balaban J connectivity index is 2.28. The van der Waals surface area contributed by atoms with Crippen LogP contribution in [0.5, 0.6) is 11.5 Å². The summed E-state index contributed by atoms with van der Waals surface area (Å²) in [7, 11) is 3.41. The van der Waals surface area contributed by atoms with Crippen LogP contribution in [0.2, 0.25) is 0 Å². The second kappa shape index (κ2) is 6.95. The van der Waals surface area contributed by atoms with Crippen molar-refractivity contribution in [3.05, 3.63) is 23.8 Å². The molecule has 0 spiro atoms. The van der Waals surface area contributed by atoms with Gasteiger partial charge in [-0.3, -0.25) is 4.90 Å². The average Bonchev–Trinajstić information content (AvgIpc) is 2.53. The molecule has 4 nitrogen and oxygen atoms in total. The SMILES string of the molecule is COc1ccc(OC)c(C(C)N2CCCCC2CN)c1. The summed E-state index contributed by atoms with van der Waals surface area (Å²) >= 11 is 0. The van der Waals surface area contributed by atoms with Crippen LogP contribution in [0.3, 0.4) is 0 Å². The fraction of sp³-hybridized carbons (Fsp3) is 0.625. The molecular formula is C16H26N2O2. The third-order valence-electron chi connectivity index (χ3n) is 4.33. The lowest BCUT2D eigenvalue weighted by Gasteiger charge is -2.40. The molecule has 1 heterocycles. The third kappa shape index (κ3) is 3.07. The molecule has 0 amide bonds. The van der Waals surface area contributed by atoms with Gasteiger partial charge in [0.1, 0.15) is 11.5 Å². The second-order valence-corrected chi connectivity index (χ2v) is 5.41. The van der Waals surface area contributed by atoms with Crippen molar-refractivity contribution in [2.45, 2.75) is 38.3 Å². The van der Waals surface area contributed by atoms with Crippen LogP contribution >= 0.6 is 0 Å². The number of nitrogens with two attached hydrogens (primary N) is 1. The number of piperidine rings is 1. The first kappa shape index (κ1) is 15.1. The van der Waals surface area contributed by atoms with Gasteiger partial charge in [0.2, 0.25) is 0 Å². The van der Waals surface area contributed by atoms with Crippen LogP contribution in [0.25, 0.3) is 0 Å². The molecule has 0 saturated carbocycles. The maximum absolute atomic E-state index is 5.94. The van der Waals surface area contributed by atoms with Gasteiger partial charge in [0, 0.05) is 24.2 Å². The number of ether oxygens (including phenoxy) is 2. The molecule has 1 fully saturated rings. The molecule has 20 heavy (non-hydrogen) atoms. The van der Waals surface area contributed by atoms with E-state index in [1.807, 2.05) is 12.1 Å². The average molecular weight is 278 g/mol. The molecule has 0 aliphatic carbocycles. The van der Waals surface area contributed by atoms with Crippen molar-refractivity contribution in [1.82, 2.24) is 4.90 Å². The highest BCUT2D eigenvalue weighted by Crippen LogP contribution is 2.35. The number of hydrogen-bond acceptors (Lipinski definition) is 4. The summed E-state index contributed by atoms with van der Waals surface area (Å²) in [5.74, 6) is 1.79. The van der Waals surface area contributed by atoms with Gasteiger partial charge in [0.15, 0.2) is 0 Å². The van der Waals surface area contributed by atoms with E-state index in [0.29, 0.717) is 6.04 Å². The summed E-state index contributed by atoms with van der Waals surface area (Å²) in [6, 6.07) is 6.74. The van der Waals surface area contributed by atoms with Gasteiger partial charge in [-0.25, -0.2) is 0 Å². The van der Waals surface area contributed by atoms with Gasteiger partial charge in [-0.1, -0.05) is 6.42 Å². The highest BCUT2D eigenvalue weighted by molar-refractivity contribution is 5.42. The van der Waals surface area contributed by atoms with E-state index in [1.54, 1.807) is 14.2 Å². The lowest BCUT2D eigenvalue weighted by molar-refractivity contribution is 0.106. The van der Waals surface area contributed by atoms with Crippen molar-refractivity contribution in [3.8, 4) is 11.5 Å². The molecule has 1 aromatic carbocycles. The van der Waals surface area contributed by atoms with Crippen LogP contribution in [-0.2, 0) is 0 Å². The normalized spacial score (nSPS) is 21.5. The van der Waals surface area contributed by atoms with Gasteiger partial charge >= 0.3 is 0 Å². The minimum atomic E-state index is 0.286. The third-order valence-corrected chi connectivity index (χ3v) is 4.33. The highest BCUT2D eigenvalue weighted by atomic mass is 16.5. The van der Waals surface area contributed by atoms with Crippen LogP contribution < -0.4 is 15.2 Å². The lowest BCUT2D eigenvalue weighted by atomic mass is 9.96. The first-order valence-electron chi connectivity index (χ1n) is 7.39. The van der Waals surface area contributed by atoms with Crippen LogP contribution in [0.15, 0.2) is 18.2 Å². The predicted octanol–water partition coefficient (Wildman–Crippen LogP) is 2.58. The summed E-state index contributed by atoms with van der Waals surface area (Å²) in [6.45, 7) is 4.05. The Bertz CT molecular complexity index is 436. The van der Waals surface area contributed by atoms with Gasteiger partial charge in [-0.05, 0) is 44.5 Å². The second-order valence-electron chi connectivity index (χ2n) is 5.41. The van der Waals surface area contributed by atoms with E-state index in [4.69, 9.17) is 15.2 Å². The molecular weight excluding hydrogens is 252 g/mol. The van der Waals surface area contributed by atoms with E-state index < -0.39 is 0 Å². The van der Waals surface area contributed by atoms with E-state index in [0.717, 1.165) is 24.6 Å². The van der Waals surface area contributed by atoms with Crippen molar-refractivity contribution < 1.29 is 9.47 Å². The zero-order chi connectivity index (χ0) is 14.5. The number of methoxy groups -OCH3 is 2. The van der Waals surface area contributed by atoms with E-state index in [1.165, 1.54) is 24.8 Å². The molecule has 0 bridgehead atoms. The number of hydrogen-bond donors (Lipinski definition) is 1. The number of likely N-dealkylation sites (tertiary alicyclic amines) is 1. The molecule has 2 unspecified atom stereocenters. The summed E-state index contributed by atoms with van der Waals surface area (Å²) < 4.78 is 10.9. The van der Waals surface area contributed by atoms with Gasteiger partial charge in [0.05, 0.1) is 14.2 Å². The fourth-order valence-corrected chi connectivity index (χ4v) is 3.13. The van der Waals surface area contributed by atoms with Crippen LogP contribution in [-0.4, -0.2) is 38.3 Å². The predicted molar refractivity (Wildman–Crippen MR) is 81.4 cm³/mol. The van der Waals surface area contributed by atoms with Crippen LogP contribution in [0.4, 0.5) is 0 Å². The van der Waals surface area contributed by atoms with E-state index in [2.05, 4.69) is 17.9 Å². The van der Waals surface area contributed by atoms with Crippen molar-refractivity contribution in [2.24, 2.45) is 5.73 Å². The summed E-state index contributed by atoms with van der Waals surface area (Å²) in [4.78, 5) is 2.50. The van der Waals surface area contributed by atoms with E-state index in [-0.39, 0.29) is 6.04 Å². The van der Waals surface area contributed by atoms with Crippen molar-refractivity contribution in [3.63, 3.8) is 0 Å². The minimum absolute atomic E-state index is 0.286. The van der Waals surface area contributed by atoms with Crippen LogP contribution in [0, 0.1) is 0 Å². The maximum Gasteiger partial charge on any atom is 0.123 e. The van der Waals surface area contributed by atoms with Crippen molar-refractivity contribution in [2.75, 3.05) is 27.3 Å². The molecule has 1 saturated heterocycles. The molecule has 112 valence electrons. The maximum atomic E-state index is 5.94. The van der Waals surface area contributed by atoms with Gasteiger partial charge in [-0.2, -0.15) is 0 Å². The smallest absolute Gasteiger partial charge is 0.123 e. The van der Waals surface area contributed by atoms with Crippen LogP contribution in [0.1, 0.15) is 37.8 Å². The molecule has 1 aliphatic heterocycles. The monoisotopic (exact) mass is 278 g/mol. The number of rotatable bonds is 5. The Morgan fingerprint density at radius 3 is 2.75 bits per heavy atom. The van der Waals surface area contributed by atoms with Gasteiger partial charge in [0.25, 0.3) is 0 Å². The largest absolute Gasteiger partial charge is 0.497 e. The van der Waals surface area contributed by atoms with Gasteiger partial charge in [-0.15, -0.1) is 0 Å². The Kier molecular flexibility index (Phi) is 5.26. The molecule has 1 aliphatic rings. The molecule has 2 atom stereocenters. The standard InChI is InChI=1S/C16H26N2O2/c1-12(18-9-5-4-6-13(18)11-17)15-10-14(19-2)7-8-16(15)20-3/h7-8,10,12-13H,4-6,9,11,17H2,1-3H3. The Labute approximate surface area is 121 Å². The molecule has 0 aromatic heterocycles. The first-order chi connectivity index (χ1) is 9.71. The molecule has 0 radical (unpaired) electrons. The summed E-state index contributed by atoms with van der Waals surface area (Å²) in [5.41, 5.74) is 7.11. The van der Waals surface area contributed by atoms with E-state index >= 15 is 0 Å². The Hall–Kier alpha value is -1.26. The molecule has 2 N–H and O–H groups in total. The quantitative estimate of drug-likeness (QED) is 0.899. The van der Waals surface area contributed by atoms with Gasteiger partial charge < -0.3 is 15.2 Å². The summed E-state index contributed by atoms with van der Waals surface area (Å²) in [5, 5.41) is 0. The zero-order valence-corrected chi connectivity index (χ0v) is 12.8. The number of nitrogens with zero attached hydrogens (tertiary/aromatic N) is 1. The Morgan fingerprint density at radius 1 is 1.30 bits per heavy atom. The zero-order valence-electron chi connectivity index (χ0n) is 12.8. The first-order valence-corrected chi connectivity index (χ1v) is 7.39. The lowest BCUT2D eigenvalue weighted by Crippen LogP contribution is -2.45. The van der Waals surface area contributed by atoms with E-state index in [9.17, 15) is 0 Å². The van der Waals surface area contributed by atoms with Crippen molar-refractivity contribution >= 4 is 0 Å². The molecule has 1 aromatic rings. The molecule has 4 heteroatoms. The fourth-order valence-electron chi connectivity index (χ4n) is 3.13. The molecule has 2 rings (SSSR count). The minimum Gasteiger partial charge on any atom is -0.497 e. The Morgan fingerprint density at radius 2 is 2.10 bits per heavy atom. The highest BCUT2D eigenvalue weighted by Gasteiger charge is 2.28. The summed E-state index contributed by atoms with van der Waals surface area (Å²) in [6.07, 6.45) is 3.71.